The van der Waals surface area contributed by atoms with Gasteiger partial charge in [-0.2, -0.15) is 0 Å². The summed E-state index contributed by atoms with van der Waals surface area (Å²) in [5, 5.41) is 3.47. The molecule has 0 spiro atoms. The third-order valence-corrected chi connectivity index (χ3v) is 4.21. The summed E-state index contributed by atoms with van der Waals surface area (Å²) in [6.45, 7) is 8.91. The second-order valence-electron chi connectivity index (χ2n) is 5.45. The third-order valence-electron chi connectivity index (χ3n) is 4.21. The smallest absolute Gasteiger partial charge is 0.0593 e. The molecule has 2 fully saturated rings. The van der Waals surface area contributed by atoms with Gasteiger partial charge in [0.2, 0.25) is 0 Å². The second kappa shape index (κ2) is 7.34. The van der Waals surface area contributed by atoms with E-state index in [2.05, 4.69) is 17.1 Å². The number of ether oxygens (including phenoxy) is 1. The molecule has 0 bridgehead atoms. The zero-order valence-corrected chi connectivity index (χ0v) is 11.3. The van der Waals surface area contributed by atoms with E-state index in [4.69, 9.17) is 4.74 Å². The van der Waals surface area contributed by atoms with E-state index in [1.54, 1.807) is 0 Å². The zero-order chi connectivity index (χ0) is 11.9. The molecule has 0 aliphatic carbocycles. The van der Waals surface area contributed by atoms with Gasteiger partial charge in [0.05, 0.1) is 6.61 Å². The Hall–Kier alpha value is -0.120. The molecule has 0 saturated carbocycles. The average molecular weight is 240 g/mol. The van der Waals surface area contributed by atoms with Gasteiger partial charge in [-0.05, 0) is 57.7 Å². The van der Waals surface area contributed by atoms with Crippen LogP contribution in [0.25, 0.3) is 0 Å². The molecule has 1 atom stereocenters. The van der Waals surface area contributed by atoms with E-state index in [1.165, 1.54) is 45.3 Å². The zero-order valence-electron chi connectivity index (χ0n) is 11.3. The van der Waals surface area contributed by atoms with Crippen LogP contribution in [-0.4, -0.2) is 50.3 Å². The number of likely N-dealkylation sites (tertiary alicyclic amines) is 1. The van der Waals surface area contributed by atoms with Crippen molar-refractivity contribution < 1.29 is 4.74 Å². The van der Waals surface area contributed by atoms with Crippen LogP contribution in [0.1, 0.15) is 39.0 Å². The van der Waals surface area contributed by atoms with Crippen molar-refractivity contribution in [3.8, 4) is 0 Å². The van der Waals surface area contributed by atoms with E-state index in [-0.39, 0.29) is 0 Å². The molecule has 0 radical (unpaired) electrons. The van der Waals surface area contributed by atoms with Crippen molar-refractivity contribution in [2.24, 2.45) is 5.92 Å². The molecular formula is C14H28N2O. The Morgan fingerprint density at radius 1 is 1.18 bits per heavy atom. The Morgan fingerprint density at radius 3 is 2.76 bits per heavy atom. The molecule has 3 heteroatoms. The van der Waals surface area contributed by atoms with Crippen LogP contribution >= 0.6 is 0 Å². The van der Waals surface area contributed by atoms with Crippen LogP contribution in [0, 0.1) is 5.92 Å². The van der Waals surface area contributed by atoms with E-state index in [9.17, 15) is 0 Å². The molecule has 0 amide bonds. The largest absolute Gasteiger partial charge is 0.380 e. The van der Waals surface area contributed by atoms with Crippen molar-refractivity contribution in [3.05, 3.63) is 0 Å². The van der Waals surface area contributed by atoms with Crippen LogP contribution in [-0.2, 0) is 4.74 Å². The van der Waals surface area contributed by atoms with Gasteiger partial charge >= 0.3 is 0 Å². The van der Waals surface area contributed by atoms with Crippen LogP contribution in [0.5, 0.6) is 0 Å². The van der Waals surface area contributed by atoms with Gasteiger partial charge in [-0.25, -0.2) is 0 Å². The van der Waals surface area contributed by atoms with E-state index in [0.717, 1.165) is 38.1 Å². The quantitative estimate of drug-likeness (QED) is 0.717. The molecule has 2 aliphatic rings. The number of hydrogen-bond donors (Lipinski definition) is 1. The molecule has 3 nitrogen and oxygen atoms in total. The van der Waals surface area contributed by atoms with E-state index >= 15 is 0 Å². The number of hydrogen-bond acceptors (Lipinski definition) is 3. The average Bonchev–Trinajstić information content (AvgIpc) is 2.84. The van der Waals surface area contributed by atoms with E-state index < -0.39 is 0 Å². The lowest BCUT2D eigenvalue weighted by Gasteiger charge is -2.34. The SMILES string of the molecule is CCCOCCN1CCCC1C1CCNCC1. The first-order chi connectivity index (χ1) is 8.42. The van der Waals surface area contributed by atoms with Crippen molar-refractivity contribution in [1.82, 2.24) is 10.2 Å². The number of nitrogens with one attached hydrogen (secondary N) is 1. The van der Waals surface area contributed by atoms with Crippen LogP contribution in [0.4, 0.5) is 0 Å². The first-order valence-electron chi connectivity index (χ1n) is 7.44. The second-order valence-corrected chi connectivity index (χ2v) is 5.45. The normalized spacial score (nSPS) is 27.7. The van der Waals surface area contributed by atoms with Crippen molar-refractivity contribution in [2.75, 3.05) is 39.4 Å². The van der Waals surface area contributed by atoms with Gasteiger partial charge in [-0.1, -0.05) is 6.92 Å². The molecule has 2 rings (SSSR count). The summed E-state index contributed by atoms with van der Waals surface area (Å²) >= 11 is 0. The van der Waals surface area contributed by atoms with Crippen molar-refractivity contribution in [2.45, 2.75) is 45.1 Å². The molecule has 0 aromatic carbocycles. The molecule has 1 N–H and O–H groups in total. The van der Waals surface area contributed by atoms with Gasteiger partial charge in [0.15, 0.2) is 0 Å². The molecule has 17 heavy (non-hydrogen) atoms. The maximum absolute atomic E-state index is 5.63. The summed E-state index contributed by atoms with van der Waals surface area (Å²) in [6.07, 6.45) is 6.69. The van der Waals surface area contributed by atoms with Gasteiger partial charge < -0.3 is 10.1 Å². The highest BCUT2D eigenvalue weighted by Crippen LogP contribution is 2.29. The Labute approximate surface area is 106 Å². The summed E-state index contributed by atoms with van der Waals surface area (Å²) in [6, 6.07) is 0.849. The van der Waals surface area contributed by atoms with Crippen molar-refractivity contribution in [1.29, 1.82) is 0 Å². The van der Waals surface area contributed by atoms with Gasteiger partial charge in [0.25, 0.3) is 0 Å². The molecular weight excluding hydrogens is 212 g/mol. The predicted molar refractivity (Wildman–Crippen MR) is 71.3 cm³/mol. The van der Waals surface area contributed by atoms with Crippen molar-refractivity contribution >= 4 is 0 Å². The fraction of sp³-hybridized carbons (Fsp3) is 1.00. The molecule has 2 saturated heterocycles. The number of piperidine rings is 1. The highest BCUT2D eigenvalue weighted by atomic mass is 16.5. The van der Waals surface area contributed by atoms with Crippen LogP contribution in [0.15, 0.2) is 0 Å². The summed E-state index contributed by atoms with van der Waals surface area (Å²) in [7, 11) is 0. The first kappa shape index (κ1) is 13.3. The lowest BCUT2D eigenvalue weighted by Crippen LogP contribution is -2.42. The van der Waals surface area contributed by atoms with Crippen molar-refractivity contribution in [3.63, 3.8) is 0 Å². The third kappa shape index (κ3) is 3.94. The molecule has 0 aromatic heterocycles. The first-order valence-corrected chi connectivity index (χ1v) is 7.44. The molecule has 1 unspecified atom stereocenters. The topological polar surface area (TPSA) is 24.5 Å². The molecule has 2 heterocycles. The lowest BCUT2D eigenvalue weighted by atomic mass is 9.89. The minimum absolute atomic E-state index is 0.849. The Balaban J connectivity index is 1.72. The Morgan fingerprint density at radius 2 is 2.00 bits per heavy atom. The number of nitrogens with zero attached hydrogens (tertiary/aromatic N) is 1. The fourth-order valence-electron chi connectivity index (χ4n) is 3.32. The maximum atomic E-state index is 5.63. The summed E-state index contributed by atoms with van der Waals surface area (Å²) in [5.41, 5.74) is 0. The van der Waals surface area contributed by atoms with Gasteiger partial charge in [0, 0.05) is 19.2 Å². The summed E-state index contributed by atoms with van der Waals surface area (Å²) in [5.74, 6) is 0.935. The minimum atomic E-state index is 0.849. The highest BCUT2D eigenvalue weighted by molar-refractivity contribution is 4.87. The van der Waals surface area contributed by atoms with Crippen LogP contribution in [0.3, 0.4) is 0 Å². The Kier molecular flexibility index (Phi) is 5.75. The maximum Gasteiger partial charge on any atom is 0.0593 e. The van der Waals surface area contributed by atoms with E-state index in [0.29, 0.717) is 0 Å². The van der Waals surface area contributed by atoms with Crippen LogP contribution < -0.4 is 5.32 Å². The summed E-state index contributed by atoms with van der Waals surface area (Å²) < 4.78 is 5.63. The molecule has 0 aromatic rings. The molecule has 2 aliphatic heterocycles. The highest BCUT2D eigenvalue weighted by Gasteiger charge is 2.31. The predicted octanol–water partition coefficient (Wildman–Crippen LogP) is 1.88. The fourth-order valence-corrected chi connectivity index (χ4v) is 3.32. The van der Waals surface area contributed by atoms with Gasteiger partial charge in [0.1, 0.15) is 0 Å². The van der Waals surface area contributed by atoms with Gasteiger partial charge in [-0.3, -0.25) is 4.90 Å². The number of rotatable bonds is 6. The minimum Gasteiger partial charge on any atom is -0.380 e. The Bertz CT molecular complexity index is 204. The lowest BCUT2D eigenvalue weighted by molar-refractivity contribution is 0.0832. The monoisotopic (exact) mass is 240 g/mol. The summed E-state index contributed by atoms with van der Waals surface area (Å²) in [4.78, 5) is 2.69. The standard InChI is InChI=1S/C14H28N2O/c1-2-11-17-12-10-16-9-3-4-14(16)13-5-7-15-8-6-13/h13-15H,2-12H2,1H3. The van der Waals surface area contributed by atoms with E-state index in [1.807, 2.05) is 0 Å². The van der Waals surface area contributed by atoms with Gasteiger partial charge in [-0.15, -0.1) is 0 Å². The molecule has 100 valence electrons. The van der Waals surface area contributed by atoms with Crippen LogP contribution in [0.2, 0.25) is 0 Å².